The van der Waals surface area contributed by atoms with E-state index in [1.165, 1.54) is 16.9 Å². The molecule has 0 radical (unpaired) electrons. The van der Waals surface area contributed by atoms with Gasteiger partial charge in [-0.05, 0) is 60.6 Å². The molecule has 0 aliphatic heterocycles. The summed E-state index contributed by atoms with van der Waals surface area (Å²) in [6.45, 7) is 12.5. The SMILES string of the molecule is C=C[C@]1(C)C[C@@H](OC(=O)c2ccnn(Cc3cccnc3)c2=O)[C@@]2(C)C3C(=O)CCC3(CC[C@H]2C)[C@@H](C)[C@@H]1O. The summed E-state index contributed by atoms with van der Waals surface area (Å²) in [7, 11) is 0. The van der Waals surface area contributed by atoms with Gasteiger partial charge >= 0.3 is 5.97 Å². The maximum atomic E-state index is 13.7. The number of hydrogen-bond donors (Lipinski definition) is 1. The fourth-order valence-corrected chi connectivity index (χ4v) is 8.08. The molecule has 3 aliphatic rings. The van der Waals surface area contributed by atoms with E-state index in [2.05, 4.69) is 37.4 Å². The van der Waals surface area contributed by atoms with Gasteiger partial charge in [0.1, 0.15) is 17.5 Å². The molecule has 0 saturated heterocycles. The summed E-state index contributed by atoms with van der Waals surface area (Å²) in [4.78, 5) is 44.7. The molecule has 39 heavy (non-hydrogen) atoms. The molecule has 2 heterocycles. The third-order valence-corrected chi connectivity index (χ3v) is 10.7. The fraction of sp³-hybridized carbons (Fsp3) is 0.581. The maximum absolute atomic E-state index is 13.7. The molecule has 1 N–H and O–H groups in total. The average Bonchev–Trinajstić information content (AvgIpc) is 3.28. The van der Waals surface area contributed by atoms with Gasteiger partial charge < -0.3 is 9.84 Å². The van der Waals surface area contributed by atoms with E-state index in [0.717, 1.165) is 24.8 Å². The Kier molecular flexibility index (Phi) is 6.90. The number of aliphatic hydroxyl groups is 1. The minimum absolute atomic E-state index is 0.103. The van der Waals surface area contributed by atoms with Crippen LogP contribution in [0.4, 0.5) is 0 Å². The summed E-state index contributed by atoms with van der Waals surface area (Å²) in [6.07, 6.45) is 8.27. The topological polar surface area (TPSA) is 111 Å². The number of Topliss-reactive ketones (excluding diaryl/α,β-unsaturated/α-hetero) is 1. The van der Waals surface area contributed by atoms with Crippen molar-refractivity contribution in [2.45, 2.75) is 78.6 Å². The maximum Gasteiger partial charge on any atom is 0.344 e. The average molecular weight is 534 g/mol. The van der Waals surface area contributed by atoms with E-state index < -0.39 is 34.6 Å². The lowest BCUT2D eigenvalue weighted by atomic mass is 9.44. The molecule has 8 atom stereocenters. The van der Waals surface area contributed by atoms with Crippen LogP contribution in [0.2, 0.25) is 0 Å². The number of ether oxygens (including phenoxy) is 1. The highest BCUT2D eigenvalue weighted by atomic mass is 16.5. The monoisotopic (exact) mass is 533 g/mol. The van der Waals surface area contributed by atoms with Crippen LogP contribution in [0.5, 0.6) is 0 Å². The number of rotatable bonds is 5. The van der Waals surface area contributed by atoms with E-state index in [9.17, 15) is 19.5 Å². The third-order valence-electron chi connectivity index (χ3n) is 10.7. The zero-order valence-electron chi connectivity index (χ0n) is 23.3. The van der Waals surface area contributed by atoms with Crippen molar-refractivity contribution in [3.05, 3.63) is 70.9 Å². The number of pyridine rings is 1. The number of esters is 1. The van der Waals surface area contributed by atoms with Crippen molar-refractivity contribution in [2.24, 2.45) is 34.0 Å². The summed E-state index contributed by atoms with van der Waals surface area (Å²) in [5, 5.41) is 15.8. The number of hydrogen-bond acceptors (Lipinski definition) is 7. The van der Waals surface area contributed by atoms with Crippen molar-refractivity contribution < 1.29 is 19.4 Å². The first-order valence-electron chi connectivity index (χ1n) is 14.0. The molecule has 208 valence electrons. The number of nitrogens with zero attached hydrogens (tertiary/aromatic N) is 3. The lowest BCUT2D eigenvalue weighted by Crippen LogP contribution is -2.63. The molecule has 3 fully saturated rings. The van der Waals surface area contributed by atoms with Gasteiger partial charge in [0.2, 0.25) is 0 Å². The van der Waals surface area contributed by atoms with Crippen molar-refractivity contribution in [1.82, 2.24) is 14.8 Å². The molecule has 8 heteroatoms. The summed E-state index contributed by atoms with van der Waals surface area (Å²) in [5.41, 5.74) is -1.64. The van der Waals surface area contributed by atoms with E-state index in [0.29, 0.717) is 12.8 Å². The Labute approximate surface area is 229 Å². The molecule has 0 spiro atoms. The van der Waals surface area contributed by atoms with Gasteiger partial charge in [-0.25, -0.2) is 9.48 Å². The first kappa shape index (κ1) is 27.4. The molecule has 2 aromatic heterocycles. The van der Waals surface area contributed by atoms with Crippen LogP contribution < -0.4 is 5.56 Å². The Morgan fingerprint density at radius 1 is 1.23 bits per heavy atom. The van der Waals surface area contributed by atoms with Crippen LogP contribution in [-0.2, 0) is 16.1 Å². The smallest absolute Gasteiger partial charge is 0.344 e. The molecule has 8 nitrogen and oxygen atoms in total. The number of carbonyl (C=O) groups is 2. The number of carbonyl (C=O) groups excluding carboxylic acids is 2. The van der Waals surface area contributed by atoms with Gasteiger partial charge in [0.15, 0.2) is 0 Å². The van der Waals surface area contributed by atoms with Gasteiger partial charge in [0.05, 0.1) is 12.6 Å². The minimum atomic E-state index is -0.750. The second-order valence-electron chi connectivity index (χ2n) is 12.5. The van der Waals surface area contributed by atoms with Crippen molar-refractivity contribution >= 4 is 11.8 Å². The second kappa shape index (κ2) is 9.81. The van der Waals surface area contributed by atoms with Gasteiger partial charge in [0.25, 0.3) is 5.56 Å². The summed E-state index contributed by atoms with van der Waals surface area (Å²) >= 11 is 0. The summed E-state index contributed by atoms with van der Waals surface area (Å²) in [5.74, 6) is -0.886. The molecular weight excluding hydrogens is 494 g/mol. The van der Waals surface area contributed by atoms with Gasteiger partial charge in [-0.1, -0.05) is 39.8 Å². The highest BCUT2D eigenvalue weighted by Crippen LogP contribution is 2.68. The summed E-state index contributed by atoms with van der Waals surface area (Å²) < 4.78 is 7.51. The molecule has 3 saturated carbocycles. The Bertz CT molecular complexity index is 1340. The molecule has 2 aromatic rings. The molecular formula is C31H39N3O5. The van der Waals surface area contributed by atoms with Crippen LogP contribution >= 0.6 is 0 Å². The molecule has 0 amide bonds. The van der Waals surface area contributed by atoms with Gasteiger partial charge in [-0.3, -0.25) is 14.6 Å². The predicted molar refractivity (Wildman–Crippen MR) is 146 cm³/mol. The zero-order chi connectivity index (χ0) is 28.2. The Balaban J connectivity index is 1.55. The first-order valence-corrected chi connectivity index (χ1v) is 14.0. The summed E-state index contributed by atoms with van der Waals surface area (Å²) in [6, 6.07) is 4.99. The van der Waals surface area contributed by atoms with Crippen molar-refractivity contribution in [1.29, 1.82) is 0 Å². The van der Waals surface area contributed by atoms with Crippen LogP contribution in [0.25, 0.3) is 0 Å². The highest BCUT2D eigenvalue weighted by Gasteiger charge is 2.68. The quantitative estimate of drug-likeness (QED) is 0.453. The minimum Gasteiger partial charge on any atom is -0.458 e. The standard InChI is InChI=1S/C31H39N3O5/c1-6-29(4)16-24(30(5)19(2)9-12-31(20(3)26(29)36)13-10-23(35)25(30)31)39-28(38)22-11-15-33-34(27(22)37)18-21-8-7-14-32-17-21/h6-8,11,14-15,17,19-20,24-26,36H,1,9-10,12-13,16,18H2,2-5H3/t19-,20+,24-,25?,26+,29-,30+,31?/m1/s1. The zero-order valence-corrected chi connectivity index (χ0v) is 23.3. The number of ketones is 1. The van der Waals surface area contributed by atoms with E-state index in [-0.39, 0.29) is 41.1 Å². The second-order valence-corrected chi connectivity index (χ2v) is 12.5. The number of aliphatic hydroxyl groups excluding tert-OH is 1. The molecule has 3 aliphatic carbocycles. The Morgan fingerprint density at radius 2 is 2.00 bits per heavy atom. The van der Waals surface area contributed by atoms with Gasteiger partial charge in [-0.2, -0.15) is 5.10 Å². The van der Waals surface area contributed by atoms with Crippen molar-refractivity contribution in [2.75, 3.05) is 0 Å². The largest absolute Gasteiger partial charge is 0.458 e. The van der Waals surface area contributed by atoms with E-state index >= 15 is 0 Å². The van der Waals surface area contributed by atoms with E-state index in [1.807, 2.05) is 13.0 Å². The normalized spacial score (nSPS) is 37.9. The van der Waals surface area contributed by atoms with E-state index in [4.69, 9.17) is 4.74 Å². The van der Waals surface area contributed by atoms with Crippen LogP contribution in [0.3, 0.4) is 0 Å². The lowest BCUT2D eigenvalue weighted by molar-refractivity contribution is -0.192. The van der Waals surface area contributed by atoms with E-state index in [1.54, 1.807) is 24.5 Å². The lowest BCUT2D eigenvalue weighted by Gasteiger charge is -2.61. The highest BCUT2D eigenvalue weighted by molar-refractivity contribution is 5.89. The Morgan fingerprint density at radius 3 is 2.69 bits per heavy atom. The number of aromatic nitrogens is 3. The predicted octanol–water partition coefficient (Wildman–Crippen LogP) is 4.21. The van der Waals surface area contributed by atoms with Gasteiger partial charge in [0, 0.05) is 41.8 Å². The van der Waals surface area contributed by atoms with Gasteiger partial charge in [-0.15, -0.1) is 6.58 Å². The van der Waals surface area contributed by atoms with Crippen LogP contribution in [0.1, 0.15) is 75.7 Å². The third kappa shape index (κ3) is 4.19. The molecule has 2 unspecified atom stereocenters. The van der Waals surface area contributed by atoms with Crippen LogP contribution in [-0.4, -0.2) is 43.8 Å². The molecule has 0 aromatic carbocycles. The first-order chi connectivity index (χ1) is 18.5. The van der Waals surface area contributed by atoms with Crippen LogP contribution in [0, 0.1) is 34.0 Å². The fourth-order valence-electron chi connectivity index (χ4n) is 8.08. The van der Waals surface area contributed by atoms with Crippen LogP contribution in [0.15, 0.2) is 54.2 Å². The van der Waals surface area contributed by atoms with Crippen molar-refractivity contribution in [3.8, 4) is 0 Å². The molecule has 2 bridgehead atoms. The van der Waals surface area contributed by atoms with Crippen molar-refractivity contribution in [3.63, 3.8) is 0 Å². The Hall–Kier alpha value is -3.13. The molecule has 5 rings (SSSR count).